The molecule has 0 aliphatic carbocycles. The molecule has 0 bridgehead atoms. The predicted octanol–water partition coefficient (Wildman–Crippen LogP) is 2.65. The summed E-state index contributed by atoms with van der Waals surface area (Å²) in [5.74, 6) is 0.491. The van der Waals surface area contributed by atoms with Gasteiger partial charge in [0.2, 0.25) is 0 Å². The van der Waals surface area contributed by atoms with Crippen LogP contribution in [0.1, 0.15) is 19.8 Å². The molecule has 0 aliphatic rings. The molecular weight excluding hydrogens is 266 g/mol. The van der Waals surface area contributed by atoms with Crippen LogP contribution in [0.5, 0.6) is 5.75 Å². The van der Waals surface area contributed by atoms with Crippen molar-refractivity contribution in [1.29, 1.82) is 0 Å². The molecule has 5 heteroatoms. The summed E-state index contributed by atoms with van der Waals surface area (Å²) in [6, 6.07) is 7.04. The third kappa shape index (κ3) is 5.94. The van der Waals surface area contributed by atoms with E-state index in [9.17, 15) is 4.79 Å². The van der Waals surface area contributed by atoms with E-state index in [1.807, 2.05) is 6.92 Å². The Balaban J connectivity index is 2.46. The first-order chi connectivity index (χ1) is 9.17. The quantitative estimate of drug-likeness (QED) is 0.747. The topological polar surface area (TPSA) is 47.6 Å². The van der Waals surface area contributed by atoms with Gasteiger partial charge < -0.3 is 14.8 Å². The molecule has 1 atom stereocenters. The van der Waals surface area contributed by atoms with Crippen LogP contribution in [-0.4, -0.2) is 32.3 Å². The highest BCUT2D eigenvalue weighted by Gasteiger charge is 2.17. The Morgan fingerprint density at radius 2 is 2.26 bits per heavy atom. The zero-order valence-electron chi connectivity index (χ0n) is 11.3. The van der Waals surface area contributed by atoms with Crippen molar-refractivity contribution in [2.45, 2.75) is 25.9 Å². The fraction of sp³-hybridized carbons (Fsp3) is 0.500. The second-order valence-electron chi connectivity index (χ2n) is 4.11. The van der Waals surface area contributed by atoms with Crippen molar-refractivity contribution in [3.63, 3.8) is 0 Å². The number of methoxy groups -OCH3 is 1. The lowest BCUT2D eigenvalue weighted by molar-refractivity contribution is -0.128. The fourth-order valence-corrected chi connectivity index (χ4v) is 1.75. The number of amides is 1. The number of ether oxygens (including phenoxy) is 2. The second kappa shape index (κ2) is 8.77. The molecule has 0 radical (unpaired) electrons. The maximum absolute atomic E-state index is 11.9. The van der Waals surface area contributed by atoms with Gasteiger partial charge in [0.05, 0.1) is 0 Å². The number of nitrogens with one attached hydrogen (secondary N) is 1. The van der Waals surface area contributed by atoms with E-state index in [4.69, 9.17) is 21.1 Å². The Morgan fingerprint density at radius 1 is 1.47 bits per heavy atom. The van der Waals surface area contributed by atoms with Crippen molar-refractivity contribution in [2.75, 3.05) is 20.3 Å². The van der Waals surface area contributed by atoms with Gasteiger partial charge in [-0.25, -0.2) is 0 Å². The number of benzene rings is 1. The maximum atomic E-state index is 11.9. The Hall–Kier alpha value is -1.26. The van der Waals surface area contributed by atoms with Gasteiger partial charge in [-0.2, -0.15) is 0 Å². The molecule has 1 aromatic carbocycles. The second-order valence-corrected chi connectivity index (χ2v) is 4.55. The van der Waals surface area contributed by atoms with Crippen molar-refractivity contribution >= 4 is 17.5 Å². The first-order valence-corrected chi connectivity index (χ1v) is 6.74. The third-order valence-corrected chi connectivity index (χ3v) is 2.80. The zero-order chi connectivity index (χ0) is 14.1. The van der Waals surface area contributed by atoms with E-state index >= 15 is 0 Å². The van der Waals surface area contributed by atoms with E-state index in [0.717, 1.165) is 6.42 Å². The van der Waals surface area contributed by atoms with Gasteiger partial charge in [-0.3, -0.25) is 4.79 Å². The molecule has 0 heterocycles. The highest BCUT2D eigenvalue weighted by atomic mass is 35.5. The standard InChI is InChI=1S/C14H20ClNO3/c1-3-13(14(17)16-8-5-9-18-2)19-12-7-4-6-11(15)10-12/h4,6-7,10,13H,3,5,8-9H2,1-2H3,(H,16,17)/t13-/m1/s1. The first-order valence-electron chi connectivity index (χ1n) is 6.36. The Morgan fingerprint density at radius 3 is 2.89 bits per heavy atom. The molecule has 0 fully saturated rings. The van der Waals surface area contributed by atoms with Crippen LogP contribution in [0.3, 0.4) is 0 Å². The summed E-state index contributed by atoms with van der Waals surface area (Å²) in [5, 5.41) is 3.42. The van der Waals surface area contributed by atoms with Gasteiger partial charge in [0.1, 0.15) is 5.75 Å². The van der Waals surface area contributed by atoms with Crippen molar-refractivity contribution in [3.8, 4) is 5.75 Å². The maximum Gasteiger partial charge on any atom is 0.261 e. The molecule has 4 nitrogen and oxygen atoms in total. The van der Waals surface area contributed by atoms with Gasteiger partial charge >= 0.3 is 0 Å². The molecule has 0 unspecified atom stereocenters. The summed E-state index contributed by atoms with van der Waals surface area (Å²) in [6.45, 7) is 3.12. The molecule has 1 aromatic rings. The van der Waals surface area contributed by atoms with E-state index in [1.54, 1.807) is 31.4 Å². The number of hydrogen-bond donors (Lipinski definition) is 1. The highest BCUT2D eigenvalue weighted by molar-refractivity contribution is 6.30. The van der Waals surface area contributed by atoms with Crippen molar-refractivity contribution < 1.29 is 14.3 Å². The zero-order valence-corrected chi connectivity index (χ0v) is 12.1. The summed E-state index contributed by atoms with van der Waals surface area (Å²) in [7, 11) is 1.64. The summed E-state index contributed by atoms with van der Waals surface area (Å²) in [5.41, 5.74) is 0. The van der Waals surface area contributed by atoms with Crippen LogP contribution in [-0.2, 0) is 9.53 Å². The highest BCUT2D eigenvalue weighted by Crippen LogP contribution is 2.19. The number of carbonyl (C=O) groups excluding carboxylic acids is 1. The molecule has 0 saturated heterocycles. The summed E-state index contributed by atoms with van der Waals surface area (Å²) < 4.78 is 10.6. The molecule has 0 saturated carbocycles. The van der Waals surface area contributed by atoms with Crippen LogP contribution < -0.4 is 10.1 Å². The van der Waals surface area contributed by atoms with Crippen molar-refractivity contribution in [1.82, 2.24) is 5.32 Å². The first kappa shape index (κ1) is 15.8. The molecule has 1 N–H and O–H groups in total. The SMILES string of the molecule is CC[C@@H](Oc1cccc(Cl)c1)C(=O)NCCCOC. The monoisotopic (exact) mass is 285 g/mol. The summed E-state index contributed by atoms with van der Waals surface area (Å²) in [6.07, 6.45) is 0.888. The third-order valence-electron chi connectivity index (χ3n) is 2.56. The Bertz CT molecular complexity index is 398. The van der Waals surface area contributed by atoms with Crippen LogP contribution in [0, 0.1) is 0 Å². The van der Waals surface area contributed by atoms with Crippen molar-refractivity contribution in [3.05, 3.63) is 29.3 Å². The number of halogens is 1. The normalized spacial score (nSPS) is 11.9. The van der Waals surface area contributed by atoms with Crippen LogP contribution in [0.4, 0.5) is 0 Å². The van der Waals surface area contributed by atoms with Gasteiger partial charge in [0, 0.05) is 25.3 Å². The lowest BCUT2D eigenvalue weighted by atomic mass is 10.2. The van der Waals surface area contributed by atoms with Gasteiger partial charge in [-0.05, 0) is 31.0 Å². The Kier molecular flexibility index (Phi) is 7.30. The minimum Gasteiger partial charge on any atom is -0.481 e. The van der Waals surface area contributed by atoms with E-state index in [0.29, 0.717) is 30.3 Å². The van der Waals surface area contributed by atoms with E-state index in [-0.39, 0.29) is 5.91 Å². The molecule has 0 aliphatic heterocycles. The van der Waals surface area contributed by atoms with Gasteiger partial charge in [0.25, 0.3) is 5.91 Å². The number of hydrogen-bond acceptors (Lipinski definition) is 3. The van der Waals surface area contributed by atoms with E-state index in [1.165, 1.54) is 0 Å². The lowest BCUT2D eigenvalue weighted by Gasteiger charge is -2.17. The average molecular weight is 286 g/mol. The average Bonchev–Trinajstić information content (AvgIpc) is 2.41. The molecular formula is C14H20ClNO3. The number of rotatable bonds is 8. The molecule has 106 valence electrons. The number of carbonyl (C=O) groups is 1. The minimum absolute atomic E-state index is 0.112. The van der Waals surface area contributed by atoms with Crippen LogP contribution >= 0.6 is 11.6 Å². The van der Waals surface area contributed by atoms with Crippen molar-refractivity contribution in [2.24, 2.45) is 0 Å². The molecule has 19 heavy (non-hydrogen) atoms. The lowest BCUT2D eigenvalue weighted by Crippen LogP contribution is -2.38. The van der Waals surface area contributed by atoms with Gasteiger partial charge in [-0.15, -0.1) is 0 Å². The molecule has 1 rings (SSSR count). The summed E-state index contributed by atoms with van der Waals surface area (Å²) in [4.78, 5) is 11.9. The molecule has 0 spiro atoms. The minimum atomic E-state index is -0.499. The van der Waals surface area contributed by atoms with Crippen LogP contribution in [0.25, 0.3) is 0 Å². The fourth-order valence-electron chi connectivity index (χ4n) is 1.57. The van der Waals surface area contributed by atoms with Gasteiger partial charge in [-0.1, -0.05) is 24.6 Å². The largest absolute Gasteiger partial charge is 0.481 e. The molecule has 1 amide bonds. The van der Waals surface area contributed by atoms with E-state index in [2.05, 4.69) is 5.32 Å². The van der Waals surface area contributed by atoms with Crippen LogP contribution in [0.15, 0.2) is 24.3 Å². The van der Waals surface area contributed by atoms with E-state index < -0.39 is 6.10 Å². The smallest absolute Gasteiger partial charge is 0.261 e. The molecule has 0 aromatic heterocycles. The summed E-state index contributed by atoms with van der Waals surface area (Å²) >= 11 is 5.87. The van der Waals surface area contributed by atoms with Gasteiger partial charge in [0.15, 0.2) is 6.10 Å². The Labute approximate surface area is 119 Å². The predicted molar refractivity (Wildman–Crippen MR) is 75.7 cm³/mol. The van der Waals surface area contributed by atoms with Crippen LogP contribution in [0.2, 0.25) is 5.02 Å².